The Morgan fingerprint density at radius 2 is 2.00 bits per heavy atom. The lowest BCUT2D eigenvalue weighted by atomic mass is 10.2. The Balaban J connectivity index is 2.39. The number of aliphatic imine (C=N–C) groups is 1. The van der Waals surface area contributed by atoms with Crippen LogP contribution in [0.5, 0.6) is 0 Å². The second-order valence-electron chi connectivity index (χ2n) is 3.28. The van der Waals surface area contributed by atoms with Crippen LogP contribution in [-0.4, -0.2) is 12.3 Å². The van der Waals surface area contributed by atoms with Crippen molar-refractivity contribution in [1.29, 1.82) is 0 Å². The number of hydrogen-bond donors (Lipinski definition) is 0. The molecule has 0 spiro atoms. The lowest BCUT2D eigenvalue weighted by Crippen LogP contribution is -1.96. The van der Waals surface area contributed by atoms with Gasteiger partial charge in [0.2, 0.25) is 0 Å². The molecule has 13 heavy (non-hydrogen) atoms. The quantitative estimate of drug-likeness (QED) is 0.623. The van der Waals surface area contributed by atoms with Crippen molar-refractivity contribution in [3.8, 4) is 0 Å². The highest BCUT2D eigenvalue weighted by Gasteiger charge is 1.91. The molecule has 0 aliphatic carbocycles. The predicted octanol–water partition coefficient (Wildman–Crippen LogP) is 3.10. The monoisotopic (exact) mass is 175 g/mol. The SMILES string of the molecule is CCC(C)N=CCc1ccccc1. The van der Waals surface area contributed by atoms with E-state index in [1.807, 2.05) is 12.3 Å². The van der Waals surface area contributed by atoms with Crippen LogP contribution in [0.2, 0.25) is 0 Å². The Bertz CT molecular complexity index is 251. The maximum atomic E-state index is 4.41. The van der Waals surface area contributed by atoms with Gasteiger partial charge in [0.25, 0.3) is 0 Å². The number of benzene rings is 1. The van der Waals surface area contributed by atoms with Gasteiger partial charge in [0, 0.05) is 18.7 Å². The summed E-state index contributed by atoms with van der Waals surface area (Å²) in [6, 6.07) is 10.9. The van der Waals surface area contributed by atoms with Gasteiger partial charge in [-0.25, -0.2) is 0 Å². The standard InChI is InChI=1S/C12H17N/c1-3-11(2)13-10-9-12-7-5-4-6-8-12/h4-8,10-11H,3,9H2,1-2H3. The lowest BCUT2D eigenvalue weighted by molar-refractivity contribution is 0.718. The zero-order valence-electron chi connectivity index (χ0n) is 8.40. The Kier molecular flexibility index (Phi) is 4.24. The van der Waals surface area contributed by atoms with Crippen LogP contribution in [0, 0.1) is 0 Å². The highest BCUT2D eigenvalue weighted by Crippen LogP contribution is 1.99. The van der Waals surface area contributed by atoms with E-state index in [0.717, 1.165) is 12.8 Å². The summed E-state index contributed by atoms with van der Waals surface area (Å²) < 4.78 is 0. The highest BCUT2D eigenvalue weighted by molar-refractivity contribution is 5.61. The van der Waals surface area contributed by atoms with Crippen molar-refractivity contribution in [3.63, 3.8) is 0 Å². The van der Waals surface area contributed by atoms with Crippen molar-refractivity contribution >= 4 is 6.21 Å². The third-order valence-electron chi connectivity index (χ3n) is 2.12. The Labute approximate surface area is 80.5 Å². The Morgan fingerprint density at radius 3 is 2.62 bits per heavy atom. The molecule has 1 nitrogen and oxygen atoms in total. The molecule has 0 heterocycles. The third kappa shape index (κ3) is 3.88. The van der Waals surface area contributed by atoms with E-state index in [2.05, 4.69) is 43.1 Å². The molecule has 0 radical (unpaired) electrons. The Morgan fingerprint density at radius 1 is 1.31 bits per heavy atom. The molecule has 1 rings (SSSR count). The fourth-order valence-corrected chi connectivity index (χ4v) is 1.06. The third-order valence-corrected chi connectivity index (χ3v) is 2.12. The second-order valence-corrected chi connectivity index (χ2v) is 3.28. The van der Waals surface area contributed by atoms with Gasteiger partial charge in [-0.3, -0.25) is 4.99 Å². The molecule has 0 amide bonds. The zero-order chi connectivity index (χ0) is 9.52. The summed E-state index contributed by atoms with van der Waals surface area (Å²) >= 11 is 0. The maximum absolute atomic E-state index is 4.41. The minimum absolute atomic E-state index is 0.462. The minimum atomic E-state index is 0.462. The van der Waals surface area contributed by atoms with Gasteiger partial charge in [-0.2, -0.15) is 0 Å². The van der Waals surface area contributed by atoms with E-state index in [-0.39, 0.29) is 0 Å². The first-order valence-corrected chi connectivity index (χ1v) is 4.88. The first-order valence-electron chi connectivity index (χ1n) is 4.88. The molecule has 1 aromatic rings. The van der Waals surface area contributed by atoms with Gasteiger partial charge in [0.05, 0.1) is 0 Å². The van der Waals surface area contributed by atoms with E-state index >= 15 is 0 Å². The van der Waals surface area contributed by atoms with Gasteiger partial charge in [-0.1, -0.05) is 37.3 Å². The van der Waals surface area contributed by atoms with E-state index in [1.165, 1.54) is 5.56 Å². The first kappa shape index (κ1) is 9.97. The van der Waals surface area contributed by atoms with Gasteiger partial charge in [0.15, 0.2) is 0 Å². The average molecular weight is 175 g/mol. The largest absolute Gasteiger partial charge is 0.294 e. The van der Waals surface area contributed by atoms with E-state index < -0.39 is 0 Å². The number of rotatable bonds is 4. The first-order chi connectivity index (χ1) is 6.33. The van der Waals surface area contributed by atoms with Crippen molar-refractivity contribution in [2.24, 2.45) is 4.99 Å². The molecule has 0 N–H and O–H groups in total. The van der Waals surface area contributed by atoms with E-state index in [9.17, 15) is 0 Å². The summed E-state index contributed by atoms with van der Waals surface area (Å²) in [7, 11) is 0. The number of nitrogens with zero attached hydrogens (tertiary/aromatic N) is 1. The van der Waals surface area contributed by atoms with Gasteiger partial charge < -0.3 is 0 Å². The van der Waals surface area contributed by atoms with Crippen LogP contribution in [0.1, 0.15) is 25.8 Å². The van der Waals surface area contributed by atoms with Crippen molar-refractivity contribution in [3.05, 3.63) is 35.9 Å². The molecular weight excluding hydrogens is 158 g/mol. The summed E-state index contributed by atoms with van der Waals surface area (Å²) in [5.74, 6) is 0. The van der Waals surface area contributed by atoms with Crippen LogP contribution in [0.4, 0.5) is 0 Å². The van der Waals surface area contributed by atoms with Gasteiger partial charge in [-0.05, 0) is 18.9 Å². The molecule has 1 atom stereocenters. The van der Waals surface area contributed by atoms with E-state index in [4.69, 9.17) is 0 Å². The summed E-state index contributed by atoms with van der Waals surface area (Å²) in [6.07, 6.45) is 4.08. The molecule has 0 aliphatic rings. The molecule has 0 fully saturated rings. The fourth-order valence-electron chi connectivity index (χ4n) is 1.06. The fraction of sp³-hybridized carbons (Fsp3) is 0.417. The number of hydrogen-bond acceptors (Lipinski definition) is 1. The van der Waals surface area contributed by atoms with E-state index in [1.54, 1.807) is 0 Å². The topological polar surface area (TPSA) is 12.4 Å². The van der Waals surface area contributed by atoms with Crippen LogP contribution >= 0.6 is 0 Å². The summed E-state index contributed by atoms with van der Waals surface area (Å²) in [6.45, 7) is 4.30. The van der Waals surface area contributed by atoms with Crippen molar-refractivity contribution < 1.29 is 0 Å². The molecule has 70 valence electrons. The smallest absolute Gasteiger partial charge is 0.0465 e. The molecule has 0 aliphatic heterocycles. The van der Waals surface area contributed by atoms with Crippen molar-refractivity contribution in [2.45, 2.75) is 32.7 Å². The predicted molar refractivity (Wildman–Crippen MR) is 58.4 cm³/mol. The molecule has 0 aromatic heterocycles. The second kappa shape index (κ2) is 5.52. The molecule has 0 saturated heterocycles. The molecule has 1 unspecified atom stereocenters. The van der Waals surface area contributed by atoms with Crippen LogP contribution < -0.4 is 0 Å². The van der Waals surface area contributed by atoms with Crippen molar-refractivity contribution in [1.82, 2.24) is 0 Å². The summed E-state index contributed by atoms with van der Waals surface area (Å²) in [5, 5.41) is 0. The van der Waals surface area contributed by atoms with Crippen LogP contribution in [-0.2, 0) is 6.42 Å². The summed E-state index contributed by atoms with van der Waals surface area (Å²) in [4.78, 5) is 4.41. The maximum Gasteiger partial charge on any atom is 0.0465 e. The Hall–Kier alpha value is -1.11. The van der Waals surface area contributed by atoms with Gasteiger partial charge in [-0.15, -0.1) is 0 Å². The normalized spacial score (nSPS) is 13.4. The van der Waals surface area contributed by atoms with Crippen LogP contribution in [0.15, 0.2) is 35.3 Å². The van der Waals surface area contributed by atoms with E-state index in [0.29, 0.717) is 6.04 Å². The molecule has 0 saturated carbocycles. The summed E-state index contributed by atoms with van der Waals surface area (Å²) in [5.41, 5.74) is 1.33. The highest BCUT2D eigenvalue weighted by atomic mass is 14.7. The van der Waals surface area contributed by atoms with Gasteiger partial charge >= 0.3 is 0 Å². The molecule has 1 aromatic carbocycles. The van der Waals surface area contributed by atoms with Crippen LogP contribution in [0.25, 0.3) is 0 Å². The lowest BCUT2D eigenvalue weighted by Gasteiger charge is -1.99. The molecular formula is C12H17N. The molecule has 0 bridgehead atoms. The van der Waals surface area contributed by atoms with Gasteiger partial charge in [0.1, 0.15) is 0 Å². The average Bonchev–Trinajstić information content (AvgIpc) is 2.19. The molecule has 1 heteroatoms. The van der Waals surface area contributed by atoms with Crippen LogP contribution in [0.3, 0.4) is 0 Å². The zero-order valence-corrected chi connectivity index (χ0v) is 8.40. The van der Waals surface area contributed by atoms with Crippen molar-refractivity contribution in [2.75, 3.05) is 0 Å². The minimum Gasteiger partial charge on any atom is -0.294 e.